The van der Waals surface area contributed by atoms with E-state index in [0.29, 0.717) is 32.0 Å². The van der Waals surface area contributed by atoms with E-state index >= 15 is 0 Å². The molecule has 2 heterocycles. The Morgan fingerprint density at radius 2 is 2.12 bits per heavy atom. The zero-order valence-electron chi connectivity index (χ0n) is 15.0. The van der Waals surface area contributed by atoms with Crippen LogP contribution in [0.25, 0.3) is 0 Å². The minimum atomic E-state index is -0.195. The van der Waals surface area contributed by atoms with Crippen molar-refractivity contribution in [3.63, 3.8) is 0 Å². The summed E-state index contributed by atoms with van der Waals surface area (Å²) in [6.07, 6.45) is 1.39. The zero-order chi connectivity index (χ0) is 17.8. The minimum absolute atomic E-state index is 0.0139. The van der Waals surface area contributed by atoms with E-state index in [9.17, 15) is 9.59 Å². The number of anilines is 1. The minimum Gasteiger partial charge on any atom is -0.495 e. The van der Waals surface area contributed by atoms with Gasteiger partial charge in [0.2, 0.25) is 11.8 Å². The molecule has 2 aliphatic heterocycles. The van der Waals surface area contributed by atoms with Crippen molar-refractivity contribution in [3.8, 4) is 5.75 Å². The molecule has 1 aromatic rings. The van der Waals surface area contributed by atoms with E-state index in [1.807, 2.05) is 25.1 Å². The summed E-state index contributed by atoms with van der Waals surface area (Å²) in [5.74, 6) is 1.22. The first-order chi connectivity index (χ1) is 12.1. The van der Waals surface area contributed by atoms with Gasteiger partial charge >= 0.3 is 0 Å². The molecule has 2 atom stereocenters. The molecule has 0 unspecified atom stereocenters. The SMILES string of the molecule is CCN1C[C@H](C(=O)NC[C@H]2CCN(c3ccccc3OC)C2)CC1=O. The fourth-order valence-corrected chi connectivity index (χ4v) is 3.75. The number of hydrogen-bond acceptors (Lipinski definition) is 4. The number of para-hydroxylation sites is 2. The topological polar surface area (TPSA) is 61.9 Å². The lowest BCUT2D eigenvalue weighted by Gasteiger charge is -2.21. The molecule has 2 amide bonds. The van der Waals surface area contributed by atoms with Crippen LogP contribution in [0, 0.1) is 11.8 Å². The summed E-state index contributed by atoms with van der Waals surface area (Å²) in [6, 6.07) is 8.03. The van der Waals surface area contributed by atoms with E-state index in [2.05, 4.69) is 16.3 Å². The summed E-state index contributed by atoms with van der Waals surface area (Å²) in [5.41, 5.74) is 1.11. The third-order valence-electron chi connectivity index (χ3n) is 5.24. The van der Waals surface area contributed by atoms with Gasteiger partial charge in [-0.05, 0) is 31.4 Å². The quantitative estimate of drug-likeness (QED) is 0.849. The Morgan fingerprint density at radius 3 is 2.84 bits per heavy atom. The fraction of sp³-hybridized carbons (Fsp3) is 0.579. The van der Waals surface area contributed by atoms with E-state index in [0.717, 1.165) is 30.9 Å². The van der Waals surface area contributed by atoms with Gasteiger partial charge in [-0.1, -0.05) is 12.1 Å². The molecule has 2 fully saturated rings. The Hall–Kier alpha value is -2.24. The zero-order valence-corrected chi connectivity index (χ0v) is 15.0. The Labute approximate surface area is 149 Å². The van der Waals surface area contributed by atoms with Gasteiger partial charge in [0.05, 0.1) is 18.7 Å². The van der Waals surface area contributed by atoms with Gasteiger partial charge in [-0.25, -0.2) is 0 Å². The Balaban J connectivity index is 1.49. The number of carbonyl (C=O) groups is 2. The first-order valence-electron chi connectivity index (χ1n) is 9.05. The number of methoxy groups -OCH3 is 1. The molecule has 0 spiro atoms. The number of carbonyl (C=O) groups excluding carboxylic acids is 2. The molecule has 1 N–H and O–H groups in total. The predicted octanol–water partition coefficient (Wildman–Crippen LogP) is 1.51. The lowest BCUT2D eigenvalue weighted by molar-refractivity contribution is -0.128. The van der Waals surface area contributed by atoms with Crippen LogP contribution in [0.1, 0.15) is 19.8 Å². The van der Waals surface area contributed by atoms with E-state index in [1.165, 1.54) is 0 Å². The Bertz CT molecular complexity index is 634. The Morgan fingerprint density at radius 1 is 1.32 bits per heavy atom. The van der Waals surface area contributed by atoms with Crippen LogP contribution < -0.4 is 15.0 Å². The molecule has 25 heavy (non-hydrogen) atoms. The van der Waals surface area contributed by atoms with Crippen LogP contribution in [0.2, 0.25) is 0 Å². The molecule has 2 aliphatic rings. The molecule has 0 radical (unpaired) electrons. The number of nitrogens with one attached hydrogen (secondary N) is 1. The molecule has 0 aromatic heterocycles. The normalized spacial score (nSPS) is 23.2. The van der Waals surface area contributed by atoms with Crippen LogP contribution >= 0.6 is 0 Å². The van der Waals surface area contributed by atoms with E-state index in [-0.39, 0.29) is 17.7 Å². The van der Waals surface area contributed by atoms with Gasteiger partial charge in [0.15, 0.2) is 0 Å². The fourth-order valence-electron chi connectivity index (χ4n) is 3.75. The molecule has 2 saturated heterocycles. The van der Waals surface area contributed by atoms with Gasteiger partial charge in [0.25, 0.3) is 0 Å². The maximum absolute atomic E-state index is 12.3. The highest BCUT2D eigenvalue weighted by molar-refractivity contribution is 5.89. The van der Waals surface area contributed by atoms with Gasteiger partial charge in [-0.15, -0.1) is 0 Å². The van der Waals surface area contributed by atoms with Gasteiger partial charge in [-0.3, -0.25) is 9.59 Å². The van der Waals surface area contributed by atoms with Gasteiger partial charge < -0.3 is 19.9 Å². The highest BCUT2D eigenvalue weighted by Crippen LogP contribution is 2.31. The molecule has 6 heteroatoms. The number of nitrogens with zero attached hydrogens (tertiary/aromatic N) is 2. The first kappa shape index (κ1) is 17.6. The number of amides is 2. The molecule has 1 aromatic carbocycles. The summed E-state index contributed by atoms with van der Waals surface area (Å²) in [7, 11) is 1.69. The molecule has 6 nitrogen and oxygen atoms in total. The number of rotatable bonds is 6. The van der Waals surface area contributed by atoms with E-state index in [4.69, 9.17) is 4.74 Å². The van der Waals surface area contributed by atoms with E-state index in [1.54, 1.807) is 12.0 Å². The second-order valence-corrected chi connectivity index (χ2v) is 6.85. The first-order valence-corrected chi connectivity index (χ1v) is 9.05. The molecular weight excluding hydrogens is 318 g/mol. The van der Waals surface area contributed by atoms with Crippen LogP contribution in [0.5, 0.6) is 5.75 Å². The lowest BCUT2D eigenvalue weighted by Crippen LogP contribution is -2.36. The maximum atomic E-state index is 12.3. The van der Waals surface area contributed by atoms with Crippen molar-refractivity contribution < 1.29 is 14.3 Å². The average molecular weight is 345 g/mol. The van der Waals surface area contributed by atoms with Crippen molar-refractivity contribution in [2.75, 3.05) is 44.7 Å². The summed E-state index contributed by atoms with van der Waals surface area (Å²) >= 11 is 0. The van der Waals surface area contributed by atoms with Crippen molar-refractivity contribution in [1.29, 1.82) is 0 Å². The second kappa shape index (κ2) is 7.76. The monoisotopic (exact) mass is 345 g/mol. The summed E-state index contributed by atoms with van der Waals surface area (Å²) < 4.78 is 5.44. The molecular formula is C19H27N3O3. The summed E-state index contributed by atoms with van der Waals surface area (Å²) in [5, 5.41) is 3.06. The average Bonchev–Trinajstić information content (AvgIpc) is 3.26. The van der Waals surface area contributed by atoms with Crippen LogP contribution in [0.3, 0.4) is 0 Å². The largest absolute Gasteiger partial charge is 0.495 e. The standard InChI is InChI=1S/C19H27N3O3/c1-3-21-13-15(10-18(21)23)19(24)20-11-14-8-9-22(12-14)16-6-4-5-7-17(16)25-2/h4-7,14-15H,3,8-13H2,1-2H3,(H,20,24)/t14-,15-/m1/s1. The molecule has 136 valence electrons. The molecule has 0 aliphatic carbocycles. The van der Waals surface area contributed by atoms with Crippen molar-refractivity contribution in [3.05, 3.63) is 24.3 Å². The number of likely N-dealkylation sites (tertiary alicyclic amines) is 1. The maximum Gasteiger partial charge on any atom is 0.225 e. The predicted molar refractivity (Wildman–Crippen MR) is 96.7 cm³/mol. The van der Waals surface area contributed by atoms with Crippen LogP contribution in [-0.4, -0.2) is 56.5 Å². The van der Waals surface area contributed by atoms with E-state index < -0.39 is 0 Å². The smallest absolute Gasteiger partial charge is 0.225 e. The number of benzene rings is 1. The third kappa shape index (κ3) is 3.89. The highest BCUT2D eigenvalue weighted by atomic mass is 16.5. The molecule has 3 rings (SSSR count). The third-order valence-corrected chi connectivity index (χ3v) is 5.24. The van der Waals surface area contributed by atoms with Crippen molar-refractivity contribution >= 4 is 17.5 Å². The van der Waals surface area contributed by atoms with Crippen LogP contribution in [0.15, 0.2) is 24.3 Å². The van der Waals surface area contributed by atoms with Crippen molar-refractivity contribution in [2.24, 2.45) is 11.8 Å². The van der Waals surface area contributed by atoms with Crippen molar-refractivity contribution in [2.45, 2.75) is 19.8 Å². The molecule has 0 saturated carbocycles. The van der Waals surface area contributed by atoms with Crippen molar-refractivity contribution in [1.82, 2.24) is 10.2 Å². The highest BCUT2D eigenvalue weighted by Gasteiger charge is 2.34. The number of hydrogen-bond donors (Lipinski definition) is 1. The second-order valence-electron chi connectivity index (χ2n) is 6.85. The van der Waals surface area contributed by atoms with Gasteiger partial charge in [0.1, 0.15) is 5.75 Å². The van der Waals surface area contributed by atoms with Gasteiger partial charge in [0, 0.05) is 39.1 Å². The lowest BCUT2D eigenvalue weighted by atomic mass is 10.1. The number of ether oxygens (including phenoxy) is 1. The van der Waals surface area contributed by atoms with Crippen LogP contribution in [0.4, 0.5) is 5.69 Å². The summed E-state index contributed by atoms with van der Waals surface area (Å²) in [4.78, 5) is 28.2. The molecule has 0 bridgehead atoms. The van der Waals surface area contributed by atoms with Gasteiger partial charge in [-0.2, -0.15) is 0 Å². The Kier molecular flexibility index (Phi) is 5.46. The summed E-state index contributed by atoms with van der Waals surface area (Å²) in [6.45, 7) is 5.72. The van der Waals surface area contributed by atoms with Crippen LogP contribution in [-0.2, 0) is 9.59 Å².